The lowest BCUT2D eigenvalue weighted by Gasteiger charge is -2.11. The van der Waals surface area contributed by atoms with Gasteiger partial charge in [0.25, 0.3) is 0 Å². The third kappa shape index (κ3) is 2.37. The normalized spacial score (nSPS) is 27.2. The van der Waals surface area contributed by atoms with E-state index in [0.717, 1.165) is 12.8 Å². The van der Waals surface area contributed by atoms with Crippen LogP contribution in [0, 0.1) is 0 Å². The van der Waals surface area contributed by atoms with Gasteiger partial charge in [0.05, 0.1) is 0 Å². The molecule has 13 heavy (non-hydrogen) atoms. The van der Waals surface area contributed by atoms with Crippen LogP contribution in [0.2, 0.25) is 0 Å². The van der Waals surface area contributed by atoms with E-state index in [9.17, 15) is 4.79 Å². The van der Waals surface area contributed by atoms with Gasteiger partial charge in [0, 0.05) is 11.7 Å². The van der Waals surface area contributed by atoms with Crippen molar-refractivity contribution in [2.75, 3.05) is 0 Å². The molecule has 1 saturated heterocycles. The first-order valence-electron chi connectivity index (χ1n) is 4.63. The molecule has 1 N–H and O–H groups in total. The predicted octanol–water partition coefficient (Wildman–Crippen LogP) is 2.19. The van der Waals surface area contributed by atoms with Gasteiger partial charge in [0.15, 0.2) is 0 Å². The first kappa shape index (κ1) is 8.88. The van der Waals surface area contributed by atoms with Gasteiger partial charge in [-0.1, -0.05) is 23.8 Å². The highest BCUT2D eigenvalue weighted by atomic mass is 32.2. The van der Waals surface area contributed by atoms with E-state index in [1.54, 1.807) is 11.9 Å². The van der Waals surface area contributed by atoms with Gasteiger partial charge < -0.3 is 0 Å². The van der Waals surface area contributed by atoms with Gasteiger partial charge in [-0.15, -0.1) is 0 Å². The molecule has 1 atom stereocenters. The molecule has 0 aromatic rings. The fourth-order valence-corrected chi connectivity index (χ4v) is 2.58. The van der Waals surface area contributed by atoms with Crippen LogP contribution in [0.1, 0.15) is 25.7 Å². The predicted molar refractivity (Wildman–Crippen MR) is 55.2 cm³/mol. The molecule has 2 aliphatic rings. The molecule has 0 aromatic heterocycles. The third-order valence-electron chi connectivity index (χ3n) is 2.34. The summed E-state index contributed by atoms with van der Waals surface area (Å²) in [5.74, 6) is 0.182. The SMILES string of the molecule is O=C1CC(CC2=CC=CCC2)SN1. The molecule has 1 aliphatic heterocycles. The van der Waals surface area contributed by atoms with Crippen molar-refractivity contribution in [1.82, 2.24) is 4.72 Å². The van der Waals surface area contributed by atoms with Crippen molar-refractivity contribution >= 4 is 17.9 Å². The van der Waals surface area contributed by atoms with Crippen molar-refractivity contribution in [3.8, 4) is 0 Å². The summed E-state index contributed by atoms with van der Waals surface area (Å²) in [6.45, 7) is 0. The number of carbonyl (C=O) groups excluding carboxylic acids is 1. The molecule has 2 nitrogen and oxygen atoms in total. The average molecular weight is 195 g/mol. The summed E-state index contributed by atoms with van der Waals surface area (Å²) in [5.41, 5.74) is 1.48. The summed E-state index contributed by atoms with van der Waals surface area (Å²) in [5, 5.41) is 0.463. The second kappa shape index (κ2) is 4.01. The summed E-state index contributed by atoms with van der Waals surface area (Å²) in [6.07, 6.45) is 10.6. The van der Waals surface area contributed by atoms with Gasteiger partial charge in [0.2, 0.25) is 5.91 Å². The Morgan fingerprint density at radius 3 is 3.15 bits per heavy atom. The van der Waals surface area contributed by atoms with Crippen molar-refractivity contribution in [2.24, 2.45) is 0 Å². The second-order valence-electron chi connectivity index (χ2n) is 3.47. The number of carbonyl (C=O) groups is 1. The van der Waals surface area contributed by atoms with E-state index in [4.69, 9.17) is 0 Å². The molecule has 0 radical (unpaired) electrons. The lowest BCUT2D eigenvalue weighted by molar-refractivity contribution is -0.118. The lowest BCUT2D eigenvalue weighted by Crippen LogP contribution is -2.05. The van der Waals surface area contributed by atoms with E-state index in [-0.39, 0.29) is 5.91 Å². The number of allylic oxidation sites excluding steroid dienone is 4. The summed E-state index contributed by atoms with van der Waals surface area (Å²) in [4.78, 5) is 10.9. The van der Waals surface area contributed by atoms with E-state index < -0.39 is 0 Å². The fourth-order valence-electron chi connectivity index (χ4n) is 1.67. The minimum absolute atomic E-state index is 0.182. The Morgan fingerprint density at radius 2 is 2.54 bits per heavy atom. The number of rotatable bonds is 2. The molecule has 0 aromatic carbocycles. The van der Waals surface area contributed by atoms with Gasteiger partial charge in [0.1, 0.15) is 0 Å². The summed E-state index contributed by atoms with van der Waals surface area (Å²) in [7, 11) is 0. The van der Waals surface area contributed by atoms with Crippen LogP contribution in [0.4, 0.5) is 0 Å². The van der Waals surface area contributed by atoms with Gasteiger partial charge in [-0.25, -0.2) is 0 Å². The second-order valence-corrected chi connectivity index (χ2v) is 4.57. The molecule has 1 aliphatic carbocycles. The number of nitrogens with one attached hydrogen (secondary N) is 1. The smallest absolute Gasteiger partial charge is 0.231 e. The van der Waals surface area contributed by atoms with Gasteiger partial charge in [-0.05, 0) is 31.2 Å². The lowest BCUT2D eigenvalue weighted by atomic mass is 9.99. The molecule has 1 fully saturated rings. The first-order chi connectivity index (χ1) is 6.34. The van der Waals surface area contributed by atoms with E-state index in [2.05, 4.69) is 23.0 Å². The highest BCUT2D eigenvalue weighted by Crippen LogP contribution is 2.28. The van der Waals surface area contributed by atoms with Crippen molar-refractivity contribution in [2.45, 2.75) is 30.9 Å². The Hall–Kier alpha value is -0.700. The van der Waals surface area contributed by atoms with Crippen molar-refractivity contribution in [3.63, 3.8) is 0 Å². The quantitative estimate of drug-likeness (QED) is 0.684. The molecule has 1 heterocycles. The van der Waals surface area contributed by atoms with Crippen LogP contribution in [0.5, 0.6) is 0 Å². The Morgan fingerprint density at radius 1 is 1.62 bits per heavy atom. The Balaban J connectivity index is 1.87. The maximum absolute atomic E-state index is 10.9. The molecular formula is C10H13NOS. The van der Waals surface area contributed by atoms with Crippen LogP contribution in [0.15, 0.2) is 23.8 Å². The highest BCUT2D eigenvalue weighted by molar-refractivity contribution is 7.99. The van der Waals surface area contributed by atoms with E-state index in [0.29, 0.717) is 11.7 Å². The van der Waals surface area contributed by atoms with Gasteiger partial charge in [-0.3, -0.25) is 9.52 Å². The molecule has 2 rings (SSSR count). The zero-order valence-corrected chi connectivity index (χ0v) is 8.27. The van der Waals surface area contributed by atoms with Crippen molar-refractivity contribution in [1.29, 1.82) is 0 Å². The van der Waals surface area contributed by atoms with Crippen LogP contribution >= 0.6 is 11.9 Å². The largest absolute Gasteiger partial charge is 0.300 e. The van der Waals surface area contributed by atoms with Gasteiger partial charge >= 0.3 is 0 Å². The molecule has 3 heteroatoms. The van der Waals surface area contributed by atoms with E-state index in [1.165, 1.54) is 12.0 Å². The molecule has 70 valence electrons. The molecule has 1 unspecified atom stereocenters. The first-order valence-corrected chi connectivity index (χ1v) is 5.51. The third-order valence-corrected chi connectivity index (χ3v) is 3.35. The summed E-state index contributed by atoms with van der Waals surface area (Å²) >= 11 is 1.58. The van der Waals surface area contributed by atoms with Crippen LogP contribution in [0.25, 0.3) is 0 Å². The van der Waals surface area contributed by atoms with Crippen molar-refractivity contribution < 1.29 is 4.79 Å². The molecule has 0 spiro atoms. The Labute approximate surface area is 82.6 Å². The van der Waals surface area contributed by atoms with Crippen LogP contribution < -0.4 is 4.72 Å². The topological polar surface area (TPSA) is 29.1 Å². The Bertz CT molecular complexity index is 270. The Kier molecular flexibility index (Phi) is 2.74. The monoisotopic (exact) mass is 195 g/mol. The minimum atomic E-state index is 0.182. The van der Waals surface area contributed by atoms with Crippen molar-refractivity contribution in [3.05, 3.63) is 23.8 Å². The van der Waals surface area contributed by atoms with Gasteiger partial charge in [-0.2, -0.15) is 0 Å². The average Bonchev–Trinajstić information content (AvgIpc) is 2.53. The fraction of sp³-hybridized carbons (Fsp3) is 0.500. The maximum atomic E-state index is 10.9. The molecule has 0 bridgehead atoms. The molecule has 0 saturated carbocycles. The molecule has 1 amide bonds. The van der Waals surface area contributed by atoms with E-state index >= 15 is 0 Å². The summed E-state index contributed by atoms with van der Waals surface area (Å²) < 4.78 is 2.79. The standard InChI is InChI=1S/C10H13NOS/c12-10-7-9(13-11-10)6-8-4-2-1-3-5-8/h1-2,4,9H,3,5-7H2,(H,11,12). The van der Waals surface area contributed by atoms with E-state index in [1.807, 2.05) is 0 Å². The zero-order chi connectivity index (χ0) is 9.10. The number of hydrogen-bond acceptors (Lipinski definition) is 2. The number of hydrogen-bond donors (Lipinski definition) is 1. The molecular weight excluding hydrogens is 182 g/mol. The number of amides is 1. The minimum Gasteiger partial charge on any atom is -0.300 e. The maximum Gasteiger partial charge on any atom is 0.231 e. The zero-order valence-electron chi connectivity index (χ0n) is 7.45. The van der Waals surface area contributed by atoms with Crippen LogP contribution in [0.3, 0.4) is 0 Å². The van der Waals surface area contributed by atoms with Crippen LogP contribution in [-0.4, -0.2) is 11.2 Å². The van der Waals surface area contributed by atoms with Crippen LogP contribution in [-0.2, 0) is 4.79 Å². The summed E-state index contributed by atoms with van der Waals surface area (Å²) in [6, 6.07) is 0. The highest BCUT2D eigenvalue weighted by Gasteiger charge is 2.23.